The van der Waals surface area contributed by atoms with Crippen LogP contribution >= 0.6 is 0 Å². The van der Waals surface area contributed by atoms with E-state index in [0.29, 0.717) is 26.1 Å². The van der Waals surface area contributed by atoms with Crippen LogP contribution in [0.15, 0.2) is 54.6 Å². The van der Waals surface area contributed by atoms with Crippen LogP contribution in [0, 0.1) is 5.92 Å². The zero-order valence-electron chi connectivity index (χ0n) is 19.1. The fourth-order valence-electron chi connectivity index (χ4n) is 5.38. The molecule has 5 rings (SSSR count). The molecule has 0 aliphatic carbocycles. The Hall–Kier alpha value is -3.68. The number of piperazine rings is 1. The molecule has 8 nitrogen and oxygen atoms in total. The highest BCUT2D eigenvalue weighted by atomic mass is 16.2. The van der Waals surface area contributed by atoms with E-state index in [1.807, 2.05) is 59.5 Å². The summed E-state index contributed by atoms with van der Waals surface area (Å²) in [6.45, 7) is 3.33. The number of carbonyl (C=O) groups is 4. The van der Waals surface area contributed by atoms with Crippen molar-refractivity contribution in [2.45, 2.75) is 37.8 Å². The molecule has 2 unspecified atom stereocenters. The third-order valence-electron chi connectivity index (χ3n) is 7.16. The number of nitrogens with one attached hydrogen (secondary N) is 2. The molecular formula is C26H28N4O4. The van der Waals surface area contributed by atoms with Crippen LogP contribution in [0.25, 0.3) is 0 Å². The molecule has 2 aromatic carbocycles. The van der Waals surface area contributed by atoms with E-state index in [9.17, 15) is 19.2 Å². The van der Waals surface area contributed by atoms with E-state index in [2.05, 4.69) is 10.6 Å². The number of para-hydroxylation sites is 1. The Balaban J connectivity index is 1.28. The number of rotatable bonds is 4. The zero-order chi connectivity index (χ0) is 23.8. The molecule has 0 spiro atoms. The average molecular weight is 461 g/mol. The Labute approximate surface area is 198 Å². The maximum absolute atomic E-state index is 13.4. The molecule has 0 bridgehead atoms. The second-order valence-corrected chi connectivity index (χ2v) is 9.37. The maximum atomic E-state index is 13.4. The van der Waals surface area contributed by atoms with Crippen LogP contribution in [-0.2, 0) is 25.6 Å². The first-order valence-electron chi connectivity index (χ1n) is 11.7. The zero-order valence-corrected chi connectivity index (χ0v) is 19.1. The van der Waals surface area contributed by atoms with Crippen molar-refractivity contribution in [2.24, 2.45) is 5.92 Å². The number of carbonyl (C=O) groups excluding carboxylic acids is 4. The number of amides is 4. The number of hydrogen-bond acceptors (Lipinski definition) is 4. The standard InChI is InChI=1S/C26H28N4O4/c1-16(31)29-13-18-14-30(23-10-6-5-9-19(23)20(18)15-29)24(32)12-22-26(34)27-21(25(33)28-22)11-17-7-3-2-4-8-17/h2-10,18,20-22H,11-15H2,1H3,(H,27,34)(H,28,33)/t18?,20?,21-,22-/m0/s1. The molecule has 0 saturated carbocycles. The van der Waals surface area contributed by atoms with E-state index in [-0.39, 0.29) is 41.9 Å². The van der Waals surface area contributed by atoms with Gasteiger partial charge in [-0.1, -0.05) is 48.5 Å². The van der Waals surface area contributed by atoms with Crippen LogP contribution in [0.3, 0.4) is 0 Å². The number of nitrogens with zero attached hydrogens (tertiary/aromatic N) is 2. The highest BCUT2D eigenvalue weighted by molar-refractivity contribution is 6.02. The predicted octanol–water partition coefficient (Wildman–Crippen LogP) is 1.21. The molecule has 2 N–H and O–H groups in total. The third-order valence-corrected chi connectivity index (χ3v) is 7.16. The lowest BCUT2D eigenvalue weighted by Crippen LogP contribution is -2.63. The molecule has 4 atom stereocenters. The molecule has 0 aromatic heterocycles. The van der Waals surface area contributed by atoms with Crippen molar-refractivity contribution >= 4 is 29.3 Å². The molecule has 3 aliphatic rings. The number of fused-ring (bicyclic) bond motifs is 3. The van der Waals surface area contributed by atoms with Gasteiger partial charge >= 0.3 is 0 Å². The summed E-state index contributed by atoms with van der Waals surface area (Å²) in [4.78, 5) is 54.3. The first-order chi connectivity index (χ1) is 16.4. The predicted molar refractivity (Wildman–Crippen MR) is 126 cm³/mol. The topological polar surface area (TPSA) is 98.8 Å². The van der Waals surface area contributed by atoms with Gasteiger partial charge in [0.15, 0.2) is 0 Å². The van der Waals surface area contributed by atoms with Gasteiger partial charge in [0.25, 0.3) is 0 Å². The Bertz CT molecular complexity index is 1130. The smallest absolute Gasteiger partial charge is 0.243 e. The van der Waals surface area contributed by atoms with Crippen LogP contribution in [0.2, 0.25) is 0 Å². The summed E-state index contributed by atoms with van der Waals surface area (Å²) in [6, 6.07) is 15.7. The van der Waals surface area contributed by atoms with Crippen molar-refractivity contribution in [1.29, 1.82) is 0 Å². The number of benzene rings is 2. The van der Waals surface area contributed by atoms with Crippen LogP contribution in [0.4, 0.5) is 5.69 Å². The SMILES string of the molecule is CC(=O)N1CC2CN(C(=O)C[C@@H]3NC(=O)[C@H](Cc4ccccc4)NC3=O)c3ccccc3C2C1. The molecule has 2 fully saturated rings. The van der Waals surface area contributed by atoms with Crippen molar-refractivity contribution < 1.29 is 19.2 Å². The minimum Gasteiger partial charge on any atom is -0.342 e. The molecule has 2 aromatic rings. The molecule has 4 amide bonds. The van der Waals surface area contributed by atoms with E-state index in [1.165, 1.54) is 0 Å². The number of hydrogen-bond donors (Lipinski definition) is 2. The third kappa shape index (κ3) is 4.16. The summed E-state index contributed by atoms with van der Waals surface area (Å²) in [5, 5.41) is 5.53. The molecular weight excluding hydrogens is 432 g/mol. The number of likely N-dealkylation sites (tertiary alicyclic amines) is 1. The second-order valence-electron chi connectivity index (χ2n) is 9.37. The lowest BCUT2D eigenvalue weighted by atomic mass is 9.83. The summed E-state index contributed by atoms with van der Waals surface area (Å²) in [6.07, 6.45) is 0.284. The van der Waals surface area contributed by atoms with Gasteiger partial charge < -0.3 is 20.4 Å². The van der Waals surface area contributed by atoms with E-state index >= 15 is 0 Å². The summed E-state index contributed by atoms with van der Waals surface area (Å²) in [7, 11) is 0. The van der Waals surface area contributed by atoms with Crippen LogP contribution in [0.5, 0.6) is 0 Å². The summed E-state index contributed by atoms with van der Waals surface area (Å²) in [5.74, 6) is -0.465. The van der Waals surface area contributed by atoms with Crippen LogP contribution in [-0.4, -0.2) is 60.2 Å². The van der Waals surface area contributed by atoms with E-state index in [0.717, 1.165) is 16.8 Å². The van der Waals surface area contributed by atoms with Crippen molar-refractivity contribution in [3.8, 4) is 0 Å². The van der Waals surface area contributed by atoms with Gasteiger partial charge in [-0.3, -0.25) is 19.2 Å². The molecule has 34 heavy (non-hydrogen) atoms. The van der Waals surface area contributed by atoms with E-state index < -0.39 is 12.1 Å². The minimum absolute atomic E-state index is 0.0383. The molecule has 2 saturated heterocycles. The van der Waals surface area contributed by atoms with Crippen molar-refractivity contribution in [2.75, 3.05) is 24.5 Å². The minimum atomic E-state index is -0.908. The molecule has 3 heterocycles. The Morgan fingerprint density at radius 3 is 2.32 bits per heavy atom. The molecule has 176 valence electrons. The van der Waals surface area contributed by atoms with Gasteiger partial charge in [-0.25, -0.2) is 0 Å². The van der Waals surface area contributed by atoms with Gasteiger partial charge in [0.1, 0.15) is 12.1 Å². The highest BCUT2D eigenvalue weighted by Crippen LogP contribution is 2.43. The monoisotopic (exact) mass is 460 g/mol. The Kier molecular flexibility index (Phi) is 5.81. The molecule has 8 heteroatoms. The average Bonchev–Trinajstić information content (AvgIpc) is 3.27. The van der Waals surface area contributed by atoms with Gasteiger partial charge in [-0.05, 0) is 17.2 Å². The Morgan fingerprint density at radius 1 is 0.882 bits per heavy atom. The number of anilines is 1. The van der Waals surface area contributed by atoms with Gasteiger partial charge in [-0.2, -0.15) is 0 Å². The highest BCUT2D eigenvalue weighted by Gasteiger charge is 2.43. The first kappa shape index (κ1) is 22.1. The van der Waals surface area contributed by atoms with Crippen LogP contribution < -0.4 is 15.5 Å². The quantitative estimate of drug-likeness (QED) is 0.717. The van der Waals surface area contributed by atoms with E-state index in [1.54, 1.807) is 11.8 Å². The summed E-state index contributed by atoms with van der Waals surface area (Å²) >= 11 is 0. The maximum Gasteiger partial charge on any atom is 0.243 e. The van der Waals surface area contributed by atoms with Gasteiger partial charge in [-0.15, -0.1) is 0 Å². The van der Waals surface area contributed by atoms with Gasteiger partial charge in [0, 0.05) is 50.5 Å². The summed E-state index contributed by atoms with van der Waals surface area (Å²) in [5.41, 5.74) is 2.83. The van der Waals surface area contributed by atoms with Crippen molar-refractivity contribution in [3.63, 3.8) is 0 Å². The van der Waals surface area contributed by atoms with Crippen molar-refractivity contribution in [3.05, 3.63) is 65.7 Å². The lowest BCUT2D eigenvalue weighted by molar-refractivity contribution is -0.138. The molecule has 3 aliphatic heterocycles. The normalized spacial score (nSPS) is 25.8. The van der Waals surface area contributed by atoms with Crippen molar-refractivity contribution in [1.82, 2.24) is 15.5 Å². The fourth-order valence-corrected chi connectivity index (χ4v) is 5.38. The largest absolute Gasteiger partial charge is 0.342 e. The first-order valence-corrected chi connectivity index (χ1v) is 11.7. The molecule has 0 radical (unpaired) electrons. The van der Waals surface area contributed by atoms with Gasteiger partial charge in [0.2, 0.25) is 23.6 Å². The van der Waals surface area contributed by atoms with E-state index in [4.69, 9.17) is 0 Å². The fraction of sp³-hybridized carbons (Fsp3) is 0.385. The lowest BCUT2D eigenvalue weighted by Gasteiger charge is -2.37. The van der Waals surface area contributed by atoms with Crippen LogP contribution in [0.1, 0.15) is 30.4 Å². The van der Waals surface area contributed by atoms with Gasteiger partial charge in [0.05, 0.1) is 6.42 Å². The summed E-state index contributed by atoms with van der Waals surface area (Å²) < 4.78 is 0. The Morgan fingerprint density at radius 2 is 1.56 bits per heavy atom. The second kappa shape index (κ2) is 8.93.